The van der Waals surface area contributed by atoms with E-state index in [1.165, 1.54) is 6.20 Å². The lowest BCUT2D eigenvalue weighted by molar-refractivity contribution is -0.913. The number of hydrogen-bond donors (Lipinski definition) is 3. The number of aromatic nitrogens is 3. The fraction of sp³-hybridized carbons (Fsp3) is 0.250. The van der Waals surface area contributed by atoms with Crippen molar-refractivity contribution in [2.75, 3.05) is 11.5 Å². The largest absolute Gasteiger partial charge is 0.451 e. The molecule has 0 aliphatic carbocycles. The lowest BCUT2D eigenvalue weighted by Crippen LogP contribution is -2.32. The van der Waals surface area contributed by atoms with E-state index >= 15 is 0 Å². The maximum atomic E-state index is 9.68. The zero-order chi connectivity index (χ0) is 14.9. The van der Waals surface area contributed by atoms with Gasteiger partial charge >= 0.3 is 4.60 Å². The summed E-state index contributed by atoms with van der Waals surface area (Å²) in [5.74, 6) is 1.25. The van der Waals surface area contributed by atoms with Gasteiger partial charge in [-0.2, -0.15) is 4.98 Å². The Morgan fingerprint density at radius 1 is 1.35 bits per heavy atom. The molecule has 0 saturated heterocycles. The number of hydrogen-bond acceptors (Lipinski definition) is 6. The van der Waals surface area contributed by atoms with Gasteiger partial charge in [0.05, 0.1) is 17.8 Å². The first-order chi connectivity index (χ1) is 9.38. The fourth-order valence-corrected chi connectivity index (χ4v) is 1.94. The molecule has 2 rings (SSSR count). The van der Waals surface area contributed by atoms with E-state index in [2.05, 4.69) is 25.9 Å². The third-order valence-corrected chi connectivity index (χ3v) is 3.25. The van der Waals surface area contributed by atoms with Crippen molar-refractivity contribution in [3.05, 3.63) is 28.6 Å². The van der Waals surface area contributed by atoms with E-state index in [1.807, 2.05) is 13.8 Å². The van der Waals surface area contributed by atoms with Crippen LogP contribution >= 0.6 is 15.9 Å². The molecule has 0 spiro atoms. The molecule has 8 heteroatoms. The highest BCUT2D eigenvalue weighted by Crippen LogP contribution is 2.32. The predicted molar refractivity (Wildman–Crippen MR) is 76.5 cm³/mol. The summed E-state index contributed by atoms with van der Waals surface area (Å²) in [7, 11) is 0. The van der Waals surface area contributed by atoms with Crippen LogP contribution in [0.5, 0.6) is 11.5 Å². The summed E-state index contributed by atoms with van der Waals surface area (Å²) in [5.41, 5.74) is 12.0. The Kier molecular flexibility index (Phi) is 3.93. The van der Waals surface area contributed by atoms with E-state index in [0.29, 0.717) is 16.1 Å². The van der Waals surface area contributed by atoms with Gasteiger partial charge < -0.3 is 16.2 Å². The molecule has 7 nitrogen and oxygen atoms in total. The second-order valence-corrected chi connectivity index (χ2v) is 5.31. The molecule has 0 atom stereocenters. The highest BCUT2D eigenvalue weighted by atomic mass is 79.9. The van der Waals surface area contributed by atoms with Crippen LogP contribution < -0.4 is 20.9 Å². The van der Waals surface area contributed by atoms with Gasteiger partial charge in [-0.3, -0.25) is 5.21 Å². The van der Waals surface area contributed by atoms with Gasteiger partial charge in [-0.15, -0.1) is 0 Å². The molecule has 0 fully saturated rings. The van der Waals surface area contributed by atoms with Crippen molar-refractivity contribution in [1.82, 2.24) is 9.97 Å². The second-order valence-electron chi connectivity index (χ2n) is 4.49. The first kappa shape index (κ1) is 14.3. The van der Waals surface area contributed by atoms with Crippen LogP contribution in [0.1, 0.15) is 25.3 Å². The molecule has 5 N–H and O–H groups in total. The van der Waals surface area contributed by atoms with Crippen molar-refractivity contribution in [2.24, 2.45) is 0 Å². The van der Waals surface area contributed by atoms with Gasteiger partial charge in [0.2, 0.25) is 12.1 Å². The molecule has 0 aliphatic rings. The summed E-state index contributed by atoms with van der Waals surface area (Å²) in [6.07, 6.45) is 2.98. The number of ether oxygens (including phenoxy) is 1. The Morgan fingerprint density at radius 2 is 2.05 bits per heavy atom. The van der Waals surface area contributed by atoms with Gasteiger partial charge in [0, 0.05) is 20.7 Å². The van der Waals surface area contributed by atoms with Gasteiger partial charge in [-0.25, -0.2) is 4.98 Å². The molecule has 0 bridgehead atoms. The number of nitrogen functional groups attached to an aromatic ring is 2. The quantitative estimate of drug-likeness (QED) is 0.446. The third-order valence-electron chi connectivity index (χ3n) is 2.66. The van der Waals surface area contributed by atoms with Crippen LogP contribution in [0.4, 0.5) is 11.8 Å². The third kappa shape index (κ3) is 2.90. The van der Waals surface area contributed by atoms with Crippen LogP contribution in [-0.2, 0) is 0 Å². The first-order valence-corrected chi connectivity index (χ1v) is 6.68. The van der Waals surface area contributed by atoms with Crippen LogP contribution in [0.15, 0.2) is 23.1 Å². The molecule has 0 radical (unpaired) electrons. The molecule has 0 saturated carbocycles. The molecule has 0 aliphatic heterocycles. The summed E-state index contributed by atoms with van der Waals surface area (Å²) < 4.78 is 7.16. The molecule has 2 aromatic rings. The highest BCUT2D eigenvalue weighted by molar-refractivity contribution is 9.10. The predicted octanol–water partition coefficient (Wildman–Crippen LogP) is 1.84. The topological polar surface area (TPSA) is 111 Å². The van der Waals surface area contributed by atoms with Crippen LogP contribution in [-0.4, -0.2) is 15.2 Å². The van der Waals surface area contributed by atoms with Crippen molar-refractivity contribution in [3.8, 4) is 11.5 Å². The zero-order valence-electron chi connectivity index (χ0n) is 11.0. The number of anilines is 2. The van der Waals surface area contributed by atoms with E-state index < -0.39 is 0 Å². The second kappa shape index (κ2) is 5.49. The Morgan fingerprint density at radius 3 is 2.65 bits per heavy atom. The lowest BCUT2D eigenvalue weighted by atomic mass is 10.1. The number of pyridine rings is 1. The fourth-order valence-electron chi connectivity index (χ4n) is 1.63. The number of halogens is 1. The van der Waals surface area contributed by atoms with Crippen molar-refractivity contribution in [2.45, 2.75) is 19.8 Å². The van der Waals surface area contributed by atoms with Crippen molar-refractivity contribution < 1.29 is 14.7 Å². The average Bonchev–Trinajstić information content (AvgIpc) is 2.36. The Labute approximate surface area is 124 Å². The minimum absolute atomic E-state index is 0.0846. The van der Waals surface area contributed by atoms with Gasteiger partial charge in [0.25, 0.3) is 0 Å². The van der Waals surface area contributed by atoms with E-state index in [0.717, 1.165) is 10.3 Å². The van der Waals surface area contributed by atoms with Crippen molar-refractivity contribution in [3.63, 3.8) is 0 Å². The Bertz CT molecular complexity index is 648. The zero-order valence-corrected chi connectivity index (χ0v) is 12.6. The maximum Gasteiger partial charge on any atom is 0.302 e. The number of nitrogens with zero attached hydrogens (tertiary/aromatic N) is 3. The summed E-state index contributed by atoms with van der Waals surface area (Å²) in [6, 6.07) is 1.64. The number of nitrogens with two attached hydrogens (primary N) is 2. The van der Waals surface area contributed by atoms with Crippen LogP contribution in [0, 0.1) is 0 Å². The van der Waals surface area contributed by atoms with Gasteiger partial charge in [-0.05, 0) is 5.92 Å². The minimum atomic E-state index is 0.0846. The van der Waals surface area contributed by atoms with Crippen LogP contribution in [0.3, 0.4) is 0 Å². The highest BCUT2D eigenvalue weighted by Gasteiger charge is 2.19. The molecule has 2 heterocycles. The average molecular weight is 341 g/mol. The van der Waals surface area contributed by atoms with E-state index in [1.54, 1.807) is 12.3 Å². The van der Waals surface area contributed by atoms with Crippen molar-refractivity contribution >= 4 is 27.7 Å². The molecule has 0 amide bonds. The summed E-state index contributed by atoms with van der Waals surface area (Å²) >= 11 is 3.22. The first-order valence-electron chi connectivity index (χ1n) is 5.88. The summed E-state index contributed by atoms with van der Waals surface area (Å²) in [4.78, 5) is 7.68. The van der Waals surface area contributed by atoms with Gasteiger partial charge in [0.1, 0.15) is 5.75 Å². The summed E-state index contributed by atoms with van der Waals surface area (Å²) in [6.45, 7) is 3.97. The SMILES string of the molecule is CC(C)c1c[n+](O)c(Br)cc1Oc1cnc(N)nc1N. The Balaban J connectivity index is 2.44. The van der Waals surface area contributed by atoms with Crippen LogP contribution in [0.2, 0.25) is 0 Å². The smallest absolute Gasteiger partial charge is 0.302 e. The number of rotatable bonds is 3. The van der Waals surface area contributed by atoms with Crippen molar-refractivity contribution in [1.29, 1.82) is 0 Å². The minimum Gasteiger partial charge on any atom is -0.451 e. The van der Waals surface area contributed by atoms with Gasteiger partial charge in [0.15, 0.2) is 11.6 Å². The lowest BCUT2D eigenvalue weighted by Gasteiger charge is -2.12. The molecular formula is C12H15BrN5O2+. The molecule has 106 valence electrons. The molecular weight excluding hydrogens is 326 g/mol. The molecule has 0 unspecified atom stereocenters. The molecule has 0 aromatic carbocycles. The van der Waals surface area contributed by atoms with E-state index in [9.17, 15) is 5.21 Å². The monoisotopic (exact) mass is 340 g/mol. The van der Waals surface area contributed by atoms with E-state index in [4.69, 9.17) is 16.2 Å². The summed E-state index contributed by atoms with van der Waals surface area (Å²) in [5, 5.41) is 9.68. The standard InChI is InChI=1S/C12H15BrN5O2/c1-6(2)7-5-18(19)10(13)3-8(7)20-9-4-16-12(15)17-11(9)14/h3-6,19H,1-2H3,(H4,14,15,16,17)/q+1. The van der Waals surface area contributed by atoms with Crippen LogP contribution in [0.25, 0.3) is 0 Å². The maximum absolute atomic E-state index is 9.68. The molecule has 20 heavy (non-hydrogen) atoms. The Hall–Kier alpha value is -2.09. The van der Waals surface area contributed by atoms with Gasteiger partial charge in [-0.1, -0.05) is 13.8 Å². The van der Waals surface area contributed by atoms with E-state index in [-0.39, 0.29) is 17.7 Å². The normalized spacial score (nSPS) is 10.8. The molecule has 2 aromatic heterocycles.